The van der Waals surface area contributed by atoms with E-state index in [1.54, 1.807) is 11.0 Å². The standard InChI is InChI=1S/C16H16ClFN2O4/c17-12-3-1-10(7-13(12)18)2-4-14(21)19-6-5-11(8-19)20-15(22)9-24-16(20)23/h1,3,7,11H,2,4-6,8-9H2. The molecule has 128 valence electrons. The van der Waals surface area contributed by atoms with Gasteiger partial charge in [0.15, 0.2) is 6.61 Å². The number of halogens is 2. The Morgan fingerprint density at radius 3 is 2.83 bits per heavy atom. The van der Waals surface area contributed by atoms with E-state index in [4.69, 9.17) is 16.3 Å². The molecule has 1 unspecified atom stereocenters. The Bertz CT molecular complexity index is 681. The number of aryl methyl sites for hydroxylation is 1. The molecule has 2 aliphatic heterocycles. The topological polar surface area (TPSA) is 66.9 Å². The van der Waals surface area contributed by atoms with Crippen LogP contribution in [-0.2, 0) is 20.7 Å². The number of benzene rings is 1. The number of ether oxygens (including phenoxy) is 1. The molecule has 0 saturated carbocycles. The molecule has 2 heterocycles. The van der Waals surface area contributed by atoms with Crippen LogP contribution in [-0.4, -0.2) is 53.4 Å². The van der Waals surface area contributed by atoms with Gasteiger partial charge in [-0.05, 0) is 30.5 Å². The Kier molecular flexibility index (Phi) is 4.71. The van der Waals surface area contributed by atoms with Crippen LogP contribution in [0.25, 0.3) is 0 Å². The molecule has 0 aromatic heterocycles. The average molecular weight is 355 g/mol. The predicted molar refractivity (Wildman–Crippen MR) is 82.9 cm³/mol. The van der Waals surface area contributed by atoms with Crippen LogP contribution in [0.1, 0.15) is 18.4 Å². The summed E-state index contributed by atoms with van der Waals surface area (Å²) in [5.74, 6) is -0.960. The Hall–Kier alpha value is -2.15. The molecule has 6 nitrogen and oxygen atoms in total. The lowest BCUT2D eigenvalue weighted by atomic mass is 10.1. The second-order valence-corrected chi connectivity index (χ2v) is 6.26. The van der Waals surface area contributed by atoms with Crippen LogP contribution >= 0.6 is 11.6 Å². The highest BCUT2D eigenvalue weighted by molar-refractivity contribution is 6.30. The highest BCUT2D eigenvalue weighted by atomic mass is 35.5. The molecule has 1 atom stereocenters. The molecule has 2 fully saturated rings. The summed E-state index contributed by atoms with van der Waals surface area (Å²) in [6, 6.07) is 4.14. The summed E-state index contributed by atoms with van der Waals surface area (Å²) in [5.41, 5.74) is 0.694. The third-order valence-corrected chi connectivity index (χ3v) is 4.58. The van der Waals surface area contributed by atoms with Gasteiger partial charge in [0.2, 0.25) is 5.91 Å². The molecule has 1 aromatic carbocycles. The molecular weight excluding hydrogens is 339 g/mol. The largest absolute Gasteiger partial charge is 0.439 e. The van der Waals surface area contributed by atoms with Gasteiger partial charge in [-0.1, -0.05) is 17.7 Å². The average Bonchev–Trinajstić information content (AvgIpc) is 3.15. The zero-order valence-corrected chi connectivity index (χ0v) is 13.6. The Morgan fingerprint density at radius 1 is 1.38 bits per heavy atom. The molecule has 2 saturated heterocycles. The minimum Gasteiger partial charge on any atom is -0.439 e. The van der Waals surface area contributed by atoms with Crippen molar-refractivity contribution in [3.8, 4) is 0 Å². The minimum atomic E-state index is -0.643. The Balaban J connectivity index is 1.54. The summed E-state index contributed by atoms with van der Waals surface area (Å²) >= 11 is 5.63. The number of rotatable bonds is 4. The summed E-state index contributed by atoms with van der Waals surface area (Å²) in [7, 11) is 0. The van der Waals surface area contributed by atoms with E-state index in [1.165, 1.54) is 12.1 Å². The number of hydrogen-bond acceptors (Lipinski definition) is 4. The van der Waals surface area contributed by atoms with Crippen molar-refractivity contribution >= 4 is 29.5 Å². The van der Waals surface area contributed by atoms with Crippen molar-refractivity contribution in [2.24, 2.45) is 0 Å². The second-order valence-electron chi connectivity index (χ2n) is 5.85. The van der Waals surface area contributed by atoms with Crippen molar-refractivity contribution in [2.75, 3.05) is 19.7 Å². The molecule has 24 heavy (non-hydrogen) atoms. The lowest BCUT2D eigenvalue weighted by molar-refractivity contribution is -0.131. The van der Waals surface area contributed by atoms with Gasteiger partial charge in [0, 0.05) is 19.5 Å². The summed E-state index contributed by atoms with van der Waals surface area (Å²) in [6.07, 6.45) is 0.531. The highest BCUT2D eigenvalue weighted by Crippen LogP contribution is 2.21. The van der Waals surface area contributed by atoms with Crippen molar-refractivity contribution < 1.29 is 23.5 Å². The van der Waals surface area contributed by atoms with Crippen molar-refractivity contribution in [2.45, 2.75) is 25.3 Å². The molecule has 0 radical (unpaired) electrons. The monoisotopic (exact) mass is 354 g/mol. The third-order valence-electron chi connectivity index (χ3n) is 4.28. The molecule has 0 spiro atoms. The smallest absolute Gasteiger partial charge is 0.417 e. The SMILES string of the molecule is O=C(CCc1ccc(Cl)c(F)c1)N1CCC(N2C(=O)COC2=O)C1. The summed E-state index contributed by atoms with van der Waals surface area (Å²) < 4.78 is 18.1. The van der Waals surface area contributed by atoms with Crippen molar-refractivity contribution in [3.63, 3.8) is 0 Å². The van der Waals surface area contributed by atoms with E-state index in [2.05, 4.69) is 0 Å². The lowest BCUT2D eigenvalue weighted by Gasteiger charge is -2.20. The summed E-state index contributed by atoms with van der Waals surface area (Å²) in [4.78, 5) is 38.2. The maximum absolute atomic E-state index is 13.4. The van der Waals surface area contributed by atoms with Crippen molar-refractivity contribution in [1.29, 1.82) is 0 Å². The van der Waals surface area contributed by atoms with E-state index < -0.39 is 11.9 Å². The van der Waals surface area contributed by atoms with Crippen molar-refractivity contribution in [3.05, 3.63) is 34.6 Å². The Morgan fingerprint density at radius 2 is 2.17 bits per heavy atom. The van der Waals surface area contributed by atoms with Crippen LogP contribution in [0, 0.1) is 5.82 Å². The number of cyclic esters (lactones) is 1. The van der Waals surface area contributed by atoms with Gasteiger partial charge in [0.25, 0.3) is 5.91 Å². The number of carbonyl (C=O) groups excluding carboxylic acids is 3. The molecule has 3 rings (SSSR count). The Labute approximate surface area is 143 Å². The quantitative estimate of drug-likeness (QED) is 0.829. The van der Waals surface area contributed by atoms with Gasteiger partial charge < -0.3 is 9.64 Å². The fourth-order valence-electron chi connectivity index (χ4n) is 3.00. The van der Waals surface area contributed by atoms with Gasteiger partial charge >= 0.3 is 6.09 Å². The minimum absolute atomic E-state index is 0.0506. The van der Waals surface area contributed by atoms with Crippen LogP contribution in [0.5, 0.6) is 0 Å². The van der Waals surface area contributed by atoms with Gasteiger partial charge in [-0.3, -0.25) is 9.59 Å². The van der Waals surface area contributed by atoms with E-state index >= 15 is 0 Å². The van der Waals surface area contributed by atoms with Crippen LogP contribution in [0.15, 0.2) is 18.2 Å². The first-order chi connectivity index (χ1) is 11.5. The molecule has 0 bridgehead atoms. The van der Waals surface area contributed by atoms with E-state index in [1.807, 2.05) is 0 Å². The predicted octanol–water partition coefficient (Wildman–Crippen LogP) is 1.99. The second kappa shape index (κ2) is 6.76. The zero-order chi connectivity index (χ0) is 17.3. The first kappa shape index (κ1) is 16.7. The first-order valence-electron chi connectivity index (χ1n) is 7.66. The molecular formula is C16H16ClFN2O4. The third kappa shape index (κ3) is 3.36. The summed E-state index contributed by atoms with van der Waals surface area (Å²) in [5, 5.41) is 0.0506. The van der Waals surface area contributed by atoms with Crippen LogP contribution in [0.3, 0.4) is 0 Å². The maximum Gasteiger partial charge on any atom is 0.417 e. The normalized spacial score (nSPS) is 20.7. The van der Waals surface area contributed by atoms with E-state index in [0.29, 0.717) is 31.5 Å². The van der Waals surface area contributed by atoms with Crippen molar-refractivity contribution in [1.82, 2.24) is 9.80 Å². The molecule has 0 aliphatic carbocycles. The lowest BCUT2D eigenvalue weighted by Crippen LogP contribution is -2.42. The summed E-state index contributed by atoms with van der Waals surface area (Å²) in [6.45, 7) is 0.565. The highest BCUT2D eigenvalue weighted by Gasteiger charge is 2.41. The van der Waals surface area contributed by atoms with E-state index in [-0.39, 0.29) is 35.9 Å². The maximum atomic E-state index is 13.4. The molecule has 3 amide bonds. The van der Waals surface area contributed by atoms with Crippen LogP contribution in [0.2, 0.25) is 5.02 Å². The molecule has 1 aromatic rings. The molecule has 8 heteroatoms. The number of imide groups is 1. The fourth-order valence-corrected chi connectivity index (χ4v) is 3.12. The van der Waals surface area contributed by atoms with Gasteiger partial charge in [-0.25, -0.2) is 14.1 Å². The first-order valence-corrected chi connectivity index (χ1v) is 8.04. The number of hydrogen-bond donors (Lipinski definition) is 0. The molecule has 0 N–H and O–H groups in total. The van der Waals surface area contributed by atoms with Gasteiger partial charge in [-0.2, -0.15) is 0 Å². The van der Waals surface area contributed by atoms with E-state index in [0.717, 1.165) is 4.90 Å². The number of nitrogens with zero attached hydrogens (tertiary/aromatic N) is 2. The number of carbonyl (C=O) groups is 3. The van der Waals surface area contributed by atoms with E-state index in [9.17, 15) is 18.8 Å². The number of amides is 3. The fraction of sp³-hybridized carbons (Fsp3) is 0.438. The van der Waals surface area contributed by atoms with Gasteiger partial charge in [-0.15, -0.1) is 0 Å². The van der Waals surface area contributed by atoms with Crippen LogP contribution < -0.4 is 0 Å². The van der Waals surface area contributed by atoms with Gasteiger partial charge in [0.1, 0.15) is 5.82 Å². The van der Waals surface area contributed by atoms with Crippen LogP contribution in [0.4, 0.5) is 9.18 Å². The molecule has 2 aliphatic rings. The van der Waals surface area contributed by atoms with Gasteiger partial charge in [0.05, 0.1) is 11.1 Å². The zero-order valence-electron chi connectivity index (χ0n) is 12.8. The number of likely N-dealkylation sites (tertiary alicyclic amines) is 1.